The molecule has 0 aliphatic heterocycles. The van der Waals surface area contributed by atoms with E-state index in [4.69, 9.17) is 9.47 Å². The minimum atomic E-state index is -0.551. The molecule has 0 fully saturated rings. The van der Waals surface area contributed by atoms with Gasteiger partial charge in [0, 0.05) is 7.11 Å². The molecule has 0 aliphatic rings. The molecule has 0 saturated heterocycles. The minimum Gasteiger partial charge on any atom is -0.442 e. The molecule has 0 saturated carbocycles. The Balaban J connectivity index is 2.73. The smallest absolute Gasteiger partial charge is 0.430 e. The van der Waals surface area contributed by atoms with Crippen molar-refractivity contribution in [1.82, 2.24) is 5.01 Å². The highest BCUT2D eigenvalue weighted by Crippen LogP contribution is 2.10. The number of rotatable bonds is 5. The Hall–Kier alpha value is -1.88. The van der Waals surface area contributed by atoms with Gasteiger partial charge in [-0.2, -0.15) is 10.1 Å². The number of carbonyl (C=O) groups is 1. The molecular formula is C15H22N2O3. The van der Waals surface area contributed by atoms with Gasteiger partial charge in [0.25, 0.3) is 0 Å². The Morgan fingerprint density at radius 2 is 1.95 bits per heavy atom. The fourth-order valence-corrected chi connectivity index (χ4v) is 1.36. The van der Waals surface area contributed by atoms with Gasteiger partial charge in [-0.3, -0.25) is 0 Å². The first-order valence-corrected chi connectivity index (χ1v) is 6.51. The minimum absolute atomic E-state index is 0.342. The molecule has 0 spiro atoms. The van der Waals surface area contributed by atoms with Crippen LogP contribution in [0, 0.1) is 0 Å². The Bertz CT molecular complexity index is 438. The van der Waals surface area contributed by atoms with Gasteiger partial charge >= 0.3 is 6.09 Å². The summed E-state index contributed by atoms with van der Waals surface area (Å²) >= 11 is 0. The zero-order valence-electron chi connectivity index (χ0n) is 12.5. The van der Waals surface area contributed by atoms with Gasteiger partial charge in [0.05, 0.1) is 19.4 Å². The third-order valence-electron chi connectivity index (χ3n) is 2.26. The number of hydrazone groups is 1. The monoisotopic (exact) mass is 278 g/mol. The highest BCUT2D eigenvalue weighted by Gasteiger charge is 2.21. The van der Waals surface area contributed by atoms with E-state index in [0.717, 1.165) is 5.56 Å². The van der Waals surface area contributed by atoms with E-state index in [1.54, 1.807) is 13.3 Å². The van der Waals surface area contributed by atoms with Crippen LogP contribution in [0.1, 0.15) is 26.3 Å². The molecule has 1 aromatic rings. The lowest BCUT2D eigenvalue weighted by molar-refractivity contribution is 0.0208. The number of methoxy groups -OCH3 is 1. The van der Waals surface area contributed by atoms with Crippen LogP contribution < -0.4 is 0 Å². The first kappa shape index (κ1) is 16.2. The summed E-state index contributed by atoms with van der Waals surface area (Å²) in [5.41, 5.74) is 0.364. The molecule has 0 heterocycles. The molecule has 1 amide bonds. The maximum atomic E-state index is 12.0. The number of nitrogens with zero attached hydrogens (tertiary/aromatic N) is 2. The van der Waals surface area contributed by atoms with Crippen LogP contribution in [0.4, 0.5) is 4.79 Å². The molecule has 0 atom stereocenters. The van der Waals surface area contributed by atoms with Crippen LogP contribution >= 0.6 is 0 Å². The lowest BCUT2D eigenvalue weighted by Gasteiger charge is -2.24. The average Bonchev–Trinajstić information content (AvgIpc) is 2.38. The van der Waals surface area contributed by atoms with E-state index in [2.05, 4.69) is 5.10 Å². The standard InChI is InChI=1S/C15H22N2O3/c1-15(2,3)20-14(18)17(10-11-19-4)16-12-13-8-6-5-7-9-13/h5-9,12H,10-11H2,1-4H3/b16-12+. The summed E-state index contributed by atoms with van der Waals surface area (Å²) in [5.74, 6) is 0. The van der Waals surface area contributed by atoms with Crippen LogP contribution in [0.2, 0.25) is 0 Å². The summed E-state index contributed by atoms with van der Waals surface area (Å²) in [4.78, 5) is 12.0. The first-order chi connectivity index (χ1) is 9.42. The zero-order chi connectivity index (χ0) is 15.0. The van der Waals surface area contributed by atoms with Gasteiger partial charge in [-0.05, 0) is 26.3 Å². The van der Waals surface area contributed by atoms with Gasteiger partial charge in [0.1, 0.15) is 5.60 Å². The van der Waals surface area contributed by atoms with Crippen molar-refractivity contribution in [3.05, 3.63) is 35.9 Å². The Morgan fingerprint density at radius 1 is 1.30 bits per heavy atom. The van der Waals surface area contributed by atoms with Gasteiger partial charge in [0.15, 0.2) is 0 Å². The SMILES string of the molecule is COCCN(/N=C/c1ccccc1)C(=O)OC(C)(C)C. The van der Waals surface area contributed by atoms with Crippen LogP contribution in [0.15, 0.2) is 35.4 Å². The summed E-state index contributed by atoms with van der Waals surface area (Å²) in [6.45, 7) is 6.20. The van der Waals surface area contributed by atoms with Gasteiger partial charge in [-0.25, -0.2) is 4.79 Å². The first-order valence-electron chi connectivity index (χ1n) is 6.51. The summed E-state index contributed by atoms with van der Waals surface area (Å²) in [5, 5.41) is 5.43. The van der Waals surface area contributed by atoms with E-state index >= 15 is 0 Å². The van der Waals surface area contributed by atoms with Crippen LogP contribution in [-0.2, 0) is 9.47 Å². The zero-order valence-corrected chi connectivity index (χ0v) is 12.5. The fourth-order valence-electron chi connectivity index (χ4n) is 1.36. The number of hydrogen-bond donors (Lipinski definition) is 0. The van der Waals surface area contributed by atoms with Gasteiger partial charge in [-0.15, -0.1) is 0 Å². The Labute approximate surface area is 120 Å². The van der Waals surface area contributed by atoms with Gasteiger partial charge < -0.3 is 9.47 Å². The molecule has 5 nitrogen and oxygen atoms in total. The largest absolute Gasteiger partial charge is 0.442 e. The lowest BCUT2D eigenvalue weighted by atomic mass is 10.2. The second-order valence-electron chi connectivity index (χ2n) is 5.25. The summed E-state index contributed by atoms with van der Waals surface area (Å²) < 4.78 is 10.3. The van der Waals surface area contributed by atoms with Crippen molar-refractivity contribution in [2.75, 3.05) is 20.3 Å². The predicted octanol–water partition coefficient (Wildman–Crippen LogP) is 2.90. The third kappa shape index (κ3) is 6.33. The molecular weight excluding hydrogens is 256 g/mol. The molecule has 110 valence electrons. The summed E-state index contributed by atoms with van der Waals surface area (Å²) in [6.07, 6.45) is 1.14. The highest BCUT2D eigenvalue weighted by atomic mass is 16.6. The maximum absolute atomic E-state index is 12.0. The normalized spacial score (nSPS) is 11.6. The van der Waals surface area contributed by atoms with Crippen molar-refractivity contribution in [3.8, 4) is 0 Å². The van der Waals surface area contributed by atoms with Crippen LogP contribution in [0.5, 0.6) is 0 Å². The van der Waals surface area contributed by atoms with E-state index in [1.165, 1.54) is 5.01 Å². The van der Waals surface area contributed by atoms with Crippen molar-refractivity contribution in [2.45, 2.75) is 26.4 Å². The average molecular weight is 278 g/mol. The highest BCUT2D eigenvalue weighted by molar-refractivity contribution is 5.80. The quantitative estimate of drug-likeness (QED) is 0.614. The molecule has 0 aliphatic carbocycles. The van der Waals surface area contributed by atoms with E-state index < -0.39 is 11.7 Å². The fraction of sp³-hybridized carbons (Fsp3) is 0.467. The van der Waals surface area contributed by atoms with E-state index in [0.29, 0.717) is 13.2 Å². The second-order valence-corrected chi connectivity index (χ2v) is 5.25. The molecule has 0 aromatic heterocycles. The van der Waals surface area contributed by atoms with Crippen LogP contribution in [0.3, 0.4) is 0 Å². The van der Waals surface area contributed by atoms with Crippen molar-refractivity contribution in [2.24, 2.45) is 5.10 Å². The number of amides is 1. The Kier molecular flexibility index (Phi) is 6.18. The lowest BCUT2D eigenvalue weighted by Crippen LogP contribution is -2.35. The van der Waals surface area contributed by atoms with E-state index in [9.17, 15) is 4.79 Å². The maximum Gasteiger partial charge on any atom is 0.430 e. The number of hydrogen-bond acceptors (Lipinski definition) is 4. The molecule has 20 heavy (non-hydrogen) atoms. The topological polar surface area (TPSA) is 51.1 Å². The molecule has 0 radical (unpaired) electrons. The van der Waals surface area contributed by atoms with Crippen molar-refractivity contribution >= 4 is 12.3 Å². The number of benzene rings is 1. The van der Waals surface area contributed by atoms with Crippen molar-refractivity contribution in [1.29, 1.82) is 0 Å². The Morgan fingerprint density at radius 3 is 2.50 bits per heavy atom. The van der Waals surface area contributed by atoms with Crippen molar-refractivity contribution < 1.29 is 14.3 Å². The van der Waals surface area contributed by atoms with E-state index in [-0.39, 0.29) is 0 Å². The van der Waals surface area contributed by atoms with E-state index in [1.807, 2.05) is 51.1 Å². The summed E-state index contributed by atoms with van der Waals surface area (Å²) in [7, 11) is 1.58. The van der Waals surface area contributed by atoms with Crippen LogP contribution in [0.25, 0.3) is 0 Å². The molecule has 0 bridgehead atoms. The molecule has 0 unspecified atom stereocenters. The summed E-state index contributed by atoms with van der Waals surface area (Å²) in [6, 6.07) is 9.57. The van der Waals surface area contributed by atoms with Crippen molar-refractivity contribution in [3.63, 3.8) is 0 Å². The van der Waals surface area contributed by atoms with Gasteiger partial charge in [-0.1, -0.05) is 30.3 Å². The molecule has 5 heteroatoms. The molecule has 1 aromatic carbocycles. The number of ether oxygens (including phenoxy) is 2. The molecule has 0 N–H and O–H groups in total. The molecule has 1 rings (SSSR count). The predicted molar refractivity (Wildman–Crippen MR) is 78.9 cm³/mol. The number of carbonyl (C=O) groups excluding carboxylic acids is 1. The van der Waals surface area contributed by atoms with Crippen LogP contribution in [-0.4, -0.2) is 43.2 Å². The van der Waals surface area contributed by atoms with Gasteiger partial charge in [0.2, 0.25) is 0 Å². The second kappa shape index (κ2) is 7.65. The third-order valence-corrected chi connectivity index (χ3v) is 2.26.